The van der Waals surface area contributed by atoms with E-state index in [4.69, 9.17) is 11.6 Å². The summed E-state index contributed by atoms with van der Waals surface area (Å²) >= 11 is 6.16. The molecule has 0 aliphatic heterocycles. The molecule has 2 heteroatoms. The zero-order valence-electron chi connectivity index (χ0n) is 13.0. The molecule has 1 rings (SSSR count). The van der Waals surface area contributed by atoms with E-state index >= 15 is 0 Å². The van der Waals surface area contributed by atoms with Crippen LogP contribution in [0.1, 0.15) is 77.2 Å². The molecule has 1 aromatic carbocycles. The first kappa shape index (κ1) is 17.5. The van der Waals surface area contributed by atoms with Crippen LogP contribution in [-0.2, 0) is 5.60 Å². The zero-order chi connectivity index (χ0) is 14.8. The van der Waals surface area contributed by atoms with Gasteiger partial charge in [0, 0.05) is 10.6 Å². The molecule has 114 valence electrons. The summed E-state index contributed by atoms with van der Waals surface area (Å²) < 4.78 is 0. The largest absolute Gasteiger partial charge is 0.385 e. The van der Waals surface area contributed by atoms with Gasteiger partial charge in [0.1, 0.15) is 0 Å². The topological polar surface area (TPSA) is 20.2 Å². The summed E-state index contributed by atoms with van der Waals surface area (Å²) in [4.78, 5) is 0. The first-order valence-corrected chi connectivity index (χ1v) is 8.43. The molecule has 0 spiro atoms. The lowest BCUT2D eigenvalue weighted by atomic mass is 9.90. The quantitative estimate of drug-likeness (QED) is 0.519. The Morgan fingerprint density at radius 1 is 0.950 bits per heavy atom. The van der Waals surface area contributed by atoms with Gasteiger partial charge in [-0.25, -0.2) is 0 Å². The van der Waals surface area contributed by atoms with Gasteiger partial charge in [0.05, 0.1) is 5.60 Å². The smallest absolute Gasteiger partial charge is 0.0882 e. The number of halogens is 1. The minimum absolute atomic E-state index is 0.664. The van der Waals surface area contributed by atoms with Crippen LogP contribution in [0.5, 0.6) is 0 Å². The highest BCUT2D eigenvalue weighted by Gasteiger charge is 2.24. The van der Waals surface area contributed by atoms with E-state index in [1.807, 2.05) is 31.2 Å². The molecule has 20 heavy (non-hydrogen) atoms. The molecule has 1 N–H and O–H groups in total. The average Bonchev–Trinajstić information content (AvgIpc) is 2.42. The summed E-state index contributed by atoms with van der Waals surface area (Å²) in [5, 5.41) is 11.2. The molecular formula is C18H29ClO. The van der Waals surface area contributed by atoms with Crippen molar-refractivity contribution in [1.29, 1.82) is 0 Å². The molecule has 1 atom stereocenters. The molecule has 1 unspecified atom stereocenters. The fourth-order valence-corrected chi connectivity index (χ4v) is 2.98. The Morgan fingerprint density at radius 3 is 2.10 bits per heavy atom. The molecule has 1 nitrogen and oxygen atoms in total. The molecular weight excluding hydrogens is 268 g/mol. The van der Waals surface area contributed by atoms with Crippen LogP contribution >= 0.6 is 11.6 Å². The molecule has 0 aliphatic carbocycles. The first-order chi connectivity index (χ1) is 9.58. The third kappa shape index (κ3) is 6.28. The van der Waals surface area contributed by atoms with Gasteiger partial charge in [-0.3, -0.25) is 0 Å². The van der Waals surface area contributed by atoms with Crippen molar-refractivity contribution >= 4 is 11.6 Å². The SMILES string of the molecule is CCCCCCCCCCC(C)(O)c1ccccc1Cl. The normalized spacial score (nSPS) is 14.2. The van der Waals surface area contributed by atoms with E-state index in [2.05, 4.69) is 6.92 Å². The van der Waals surface area contributed by atoms with Gasteiger partial charge < -0.3 is 5.11 Å². The lowest BCUT2D eigenvalue weighted by Gasteiger charge is -2.25. The monoisotopic (exact) mass is 296 g/mol. The number of benzene rings is 1. The van der Waals surface area contributed by atoms with E-state index in [0.29, 0.717) is 5.02 Å². The molecule has 1 aromatic rings. The van der Waals surface area contributed by atoms with Gasteiger partial charge in [-0.2, -0.15) is 0 Å². The van der Waals surface area contributed by atoms with Crippen LogP contribution in [0.3, 0.4) is 0 Å². The van der Waals surface area contributed by atoms with Crippen molar-refractivity contribution in [1.82, 2.24) is 0 Å². The minimum atomic E-state index is -0.805. The van der Waals surface area contributed by atoms with E-state index in [1.165, 1.54) is 44.9 Å². The predicted octanol–water partition coefficient (Wildman–Crippen LogP) is 6.08. The lowest BCUT2D eigenvalue weighted by Crippen LogP contribution is -2.21. The van der Waals surface area contributed by atoms with E-state index in [9.17, 15) is 5.11 Å². The Labute approximate surface area is 129 Å². The van der Waals surface area contributed by atoms with Crippen LogP contribution in [0.25, 0.3) is 0 Å². The summed E-state index contributed by atoms with van der Waals surface area (Å²) in [6, 6.07) is 7.60. The third-order valence-electron chi connectivity index (χ3n) is 3.97. The van der Waals surface area contributed by atoms with Crippen LogP contribution in [-0.4, -0.2) is 5.11 Å². The summed E-state index contributed by atoms with van der Waals surface area (Å²) in [5.74, 6) is 0. The first-order valence-electron chi connectivity index (χ1n) is 8.05. The van der Waals surface area contributed by atoms with Gasteiger partial charge in [-0.1, -0.05) is 88.1 Å². The fourth-order valence-electron chi connectivity index (χ4n) is 2.64. The Balaban J connectivity index is 2.22. The Hall–Kier alpha value is -0.530. The second-order valence-electron chi connectivity index (χ2n) is 5.98. The summed E-state index contributed by atoms with van der Waals surface area (Å²) in [6.45, 7) is 4.12. The van der Waals surface area contributed by atoms with E-state index in [-0.39, 0.29) is 0 Å². The second-order valence-corrected chi connectivity index (χ2v) is 6.39. The van der Waals surface area contributed by atoms with E-state index < -0.39 is 5.60 Å². The molecule has 0 radical (unpaired) electrons. The Kier molecular flexibility index (Phi) is 8.25. The van der Waals surface area contributed by atoms with Gasteiger partial charge in [0.25, 0.3) is 0 Å². The van der Waals surface area contributed by atoms with Gasteiger partial charge >= 0.3 is 0 Å². The lowest BCUT2D eigenvalue weighted by molar-refractivity contribution is 0.0449. The molecule has 0 heterocycles. The van der Waals surface area contributed by atoms with Crippen molar-refractivity contribution in [3.05, 3.63) is 34.9 Å². The minimum Gasteiger partial charge on any atom is -0.385 e. The maximum atomic E-state index is 10.6. The molecule has 0 bridgehead atoms. The van der Waals surface area contributed by atoms with Crippen molar-refractivity contribution in [3.8, 4) is 0 Å². The molecule has 0 saturated carbocycles. The standard InChI is InChI=1S/C18H29ClO/c1-3-4-5-6-7-8-9-12-15-18(2,20)16-13-10-11-14-17(16)19/h10-11,13-14,20H,3-9,12,15H2,1-2H3. The van der Waals surface area contributed by atoms with Crippen molar-refractivity contribution in [2.45, 2.75) is 77.2 Å². The van der Waals surface area contributed by atoms with Crippen molar-refractivity contribution in [2.75, 3.05) is 0 Å². The van der Waals surface area contributed by atoms with Crippen LogP contribution in [0.4, 0.5) is 0 Å². The summed E-state index contributed by atoms with van der Waals surface area (Å²) in [5.41, 5.74) is 0.0465. The van der Waals surface area contributed by atoms with Gasteiger partial charge in [-0.05, 0) is 19.4 Å². The van der Waals surface area contributed by atoms with Crippen LogP contribution in [0.15, 0.2) is 24.3 Å². The van der Waals surface area contributed by atoms with Crippen molar-refractivity contribution in [3.63, 3.8) is 0 Å². The Bertz CT molecular complexity index is 373. The maximum Gasteiger partial charge on any atom is 0.0882 e. The highest BCUT2D eigenvalue weighted by Crippen LogP contribution is 2.32. The number of hydrogen-bond donors (Lipinski definition) is 1. The highest BCUT2D eigenvalue weighted by atomic mass is 35.5. The second kappa shape index (κ2) is 9.41. The van der Waals surface area contributed by atoms with E-state index in [0.717, 1.165) is 18.4 Å². The van der Waals surface area contributed by atoms with Crippen LogP contribution in [0, 0.1) is 0 Å². The third-order valence-corrected chi connectivity index (χ3v) is 4.30. The average molecular weight is 297 g/mol. The van der Waals surface area contributed by atoms with Crippen LogP contribution in [0.2, 0.25) is 5.02 Å². The molecule has 0 saturated heterocycles. The maximum absolute atomic E-state index is 10.6. The molecule has 0 amide bonds. The van der Waals surface area contributed by atoms with Crippen molar-refractivity contribution < 1.29 is 5.11 Å². The summed E-state index contributed by atoms with van der Waals surface area (Å²) in [7, 11) is 0. The number of aliphatic hydroxyl groups is 1. The Morgan fingerprint density at radius 2 is 1.50 bits per heavy atom. The molecule has 0 aromatic heterocycles. The molecule has 0 fully saturated rings. The van der Waals surface area contributed by atoms with Gasteiger partial charge in [-0.15, -0.1) is 0 Å². The molecule has 0 aliphatic rings. The number of unbranched alkanes of at least 4 members (excludes halogenated alkanes) is 7. The van der Waals surface area contributed by atoms with E-state index in [1.54, 1.807) is 0 Å². The van der Waals surface area contributed by atoms with Gasteiger partial charge in [0.2, 0.25) is 0 Å². The fraction of sp³-hybridized carbons (Fsp3) is 0.667. The van der Waals surface area contributed by atoms with Crippen LogP contribution < -0.4 is 0 Å². The number of rotatable bonds is 10. The zero-order valence-corrected chi connectivity index (χ0v) is 13.8. The number of hydrogen-bond acceptors (Lipinski definition) is 1. The summed E-state index contributed by atoms with van der Waals surface area (Å²) in [6.07, 6.45) is 11.0. The highest BCUT2D eigenvalue weighted by molar-refractivity contribution is 6.31. The van der Waals surface area contributed by atoms with Crippen molar-refractivity contribution in [2.24, 2.45) is 0 Å². The predicted molar refractivity (Wildman–Crippen MR) is 88.2 cm³/mol. The van der Waals surface area contributed by atoms with Gasteiger partial charge in [0.15, 0.2) is 0 Å².